The Kier molecular flexibility index (Phi) is 4.22. The quantitative estimate of drug-likeness (QED) is 0.478. The predicted molar refractivity (Wildman–Crippen MR) is 88.9 cm³/mol. The second-order valence-corrected chi connectivity index (χ2v) is 5.52. The number of methoxy groups -OCH3 is 1. The number of hydrogen-bond acceptors (Lipinski definition) is 5. The number of nitrogens with zero attached hydrogens (tertiary/aromatic N) is 1. The summed E-state index contributed by atoms with van der Waals surface area (Å²) in [4.78, 5) is 23.0. The van der Waals surface area contributed by atoms with Crippen LogP contribution in [-0.2, 0) is 0 Å². The molecule has 2 aromatic carbocycles. The lowest BCUT2D eigenvalue weighted by atomic mass is 9.98. The van der Waals surface area contributed by atoms with Crippen molar-refractivity contribution in [2.45, 2.75) is 0 Å². The summed E-state index contributed by atoms with van der Waals surface area (Å²) >= 11 is 5.80. The fourth-order valence-electron chi connectivity index (χ4n) is 2.40. The van der Waals surface area contributed by atoms with Gasteiger partial charge in [0.1, 0.15) is 23.1 Å². The van der Waals surface area contributed by atoms with Crippen molar-refractivity contribution in [3.05, 3.63) is 68.2 Å². The molecule has 0 N–H and O–H groups in total. The number of ether oxygens (including phenoxy) is 2. The summed E-state index contributed by atoms with van der Waals surface area (Å²) in [6.07, 6.45) is 1.56. The van der Waals surface area contributed by atoms with Gasteiger partial charge in [0.15, 0.2) is 5.78 Å². The number of hydrogen-bond donors (Lipinski definition) is 0. The second kappa shape index (κ2) is 6.33. The molecule has 0 fully saturated rings. The molecule has 2 aromatic rings. The van der Waals surface area contributed by atoms with E-state index in [-0.39, 0.29) is 23.1 Å². The van der Waals surface area contributed by atoms with Crippen LogP contribution in [-0.4, -0.2) is 24.4 Å². The van der Waals surface area contributed by atoms with E-state index in [9.17, 15) is 14.9 Å². The first-order chi connectivity index (χ1) is 11.5. The molecule has 1 aliphatic heterocycles. The second-order valence-electron chi connectivity index (χ2n) is 5.12. The average Bonchev–Trinajstić information content (AvgIpc) is 2.58. The molecule has 0 radical (unpaired) electrons. The van der Waals surface area contributed by atoms with Gasteiger partial charge >= 0.3 is 0 Å². The first-order valence-corrected chi connectivity index (χ1v) is 7.37. The molecule has 0 saturated heterocycles. The Hall–Kier alpha value is -2.86. The molecule has 0 aliphatic carbocycles. The minimum Gasteiger partial charge on any atom is -0.497 e. The molecule has 0 atom stereocenters. The largest absolute Gasteiger partial charge is 0.497 e. The van der Waals surface area contributed by atoms with Crippen molar-refractivity contribution in [2.75, 3.05) is 13.7 Å². The van der Waals surface area contributed by atoms with Crippen LogP contribution in [0.5, 0.6) is 11.5 Å². The summed E-state index contributed by atoms with van der Waals surface area (Å²) < 4.78 is 10.7. The number of fused-ring (bicyclic) bond motifs is 1. The Labute approximate surface area is 142 Å². The molecule has 6 nitrogen and oxygen atoms in total. The maximum absolute atomic E-state index is 12.6. The number of Topliss-reactive ketones (excluding diaryl/α,β-unsaturated/α-hetero) is 1. The van der Waals surface area contributed by atoms with Gasteiger partial charge in [-0.15, -0.1) is 0 Å². The summed E-state index contributed by atoms with van der Waals surface area (Å²) in [6.45, 7) is 0.0919. The number of nitro groups is 1. The molecule has 0 saturated carbocycles. The van der Waals surface area contributed by atoms with Crippen molar-refractivity contribution in [2.24, 2.45) is 0 Å². The van der Waals surface area contributed by atoms with Crippen molar-refractivity contribution < 1.29 is 19.2 Å². The van der Waals surface area contributed by atoms with Crippen molar-refractivity contribution in [3.63, 3.8) is 0 Å². The van der Waals surface area contributed by atoms with Crippen LogP contribution >= 0.6 is 11.6 Å². The van der Waals surface area contributed by atoms with Gasteiger partial charge in [0.05, 0.1) is 17.6 Å². The lowest BCUT2D eigenvalue weighted by Gasteiger charge is -2.19. The molecule has 0 aromatic heterocycles. The number of carbonyl (C=O) groups excluding carboxylic acids is 1. The highest BCUT2D eigenvalue weighted by Gasteiger charge is 2.24. The highest BCUT2D eigenvalue weighted by molar-refractivity contribution is 6.32. The monoisotopic (exact) mass is 345 g/mol. The number of halogens is 1. The van der Waals surface area contributed by atoms with Gasteiger partial charge in [-0.3, -0.25) is 14.9 Å². The number of nitro benzene ring substituents is 1. The van der Waals surface area contributed by atoms with Crippen molar-refractivity contribution in [3.8, 4) is 11.5 Å². The summed E-state index contributed by atoms with van der Waals surface area (Å²) in [6, 6.07) is 9.35. The zero-order chi connectivity index (χ0) is 17.3. The molecule has 7 heteroatoms. The first-order valence-electron chi connectivity index (χ1n) is 6.99. The minimum atomic E-state index is -0.566. The summed E-state index contributed by atoms with van der Waals surface area (Å²) in [7, 11) is 1.51. The fourth-order valence-corrected chi connectivity index (χ4v) is 2.59. The highest BCUT2D eigenvalue weighted by atomic mass is 35.5. The van der Waals surface area contributed by atoms with Crippen LogP contribution in [0.4, 0.5) is 5.69 Å². The lowest BCUT2D eigenvalue weighted by Crippen LogP contribution is -2.19. The third-order valence-corrected chi connectivity index (χ3v) is 3.93. The summed E-state index contributed by atoms with van der Waals surface area (Å²) in [5.74, 6) is 0.835. The van der Waals surface area contributed by atoms with Gasteiger partial charge in [0.25, 0.3) is 5.69 Å². The van der Waals surface area contributed by atoms with E-state index in [2.05, 4.69) is 0 Å². The molecule has 24 heavy (non-hydrogen) atoms. The standard InChI is InChI=1S/C17H12ClNO5/c1-23-12-3-5-16-13(8-12)17(20)11(9-24-16)6-10-2-4-14(18)15(7-10)19(21)22/h2-8H,9H2,1H3/b11-6-. The molecule has 0 unspecified atom stereocenters. The third-order valence-electron chi connectivity index (χ3n) is 3.61. The van der Waals surface area contributed by atoms with Gasteiger partial charge in [-0.25, -0.2) is 0 Å². The number of carbonyl (C=O) groups is 1. The average molecular weight is 346 g/mol. The molecule has 1 heterocycles. The van der Waals surface area contributed by atoms with E-state index in [1.807, 2.05) is 0 Å². The predicted octanol–water partition coefficient (Wildman–Crippen LogP) is 3.92. The molecular formula is C17H12ClNO5. The highest BCUT2D eigenvalue weighted by Crippen LogP contribution is 2.32. The summed E-state index contributed by atoms with van der Waals surface area (Å²) in [5.41, 5.74) is 1.09. The third kappa shape index (κ3) is 2.96. The topological polar surface area (TPSA) is 78.7 Å². The molecule has 0 spiro atoms. The normalized spacial score (nSPS) is 14.9. The number of rotatable bonds is 3. The van der Waals surface area contributed by atoms with Gasteiger partial charge in [0, 0.05) is 11.6 Å². The van der Waals surface area contributed by atoms with E-state index in [0.29, 0.717) is 28.2 Å². The Morgan fingerprint density at radius 2 is 2.08 bits per heavy atom. The molecule has 1 aliphatic rings. The van der Waals surface area contributed by atoms with Gasteiger partial charge in [-0.2, -0.15) is 0 Å². The first kappa shape index (κ1) is 16.0. The van der Waals surface area contributed by atoms with E-state index in [1.54, 1.807) is 30.3 Å². The van der Waals surface area contributed by atoms with Crippen LogP contribution in [0.3, 0.4) is 0 Å². The molecule has 0 amide bonds. The molecule has 3 rings (SSSR count). The molecule has 0 bridgehead atoms. The Balaban J connectivity index is 1.98. The lowest BCUT2D eigenvalue weighted by molar-refractivity contribution is -0.384. The van der Waals surface area contributed by atoms with E-state index >= 15 is 0 Å². The van der Waals surface area contributed by atoms with Crippen LogP contribution in [0.15, 0.2) is 42.0 Å². The maximum Gasteiger partial charge on any atom is 0.288 e. The number of ketones is 1. The van der Waals surface area contributed by atoms with Gasteiger partial charge < -0.3 is 9.47 Å². The Morgan fingerprint density at radius 3 is 2.79 bits per heavy atom. The zero-order valence-electron chi connectivity index (χ0n) is 12.6. The van der Waals surface area contributed by atoms with E-state index < -0.39 is 4.92 Å². The van der Waals surface area contributed by atoms with E-state index in [0.717, 1.165) is 0 Å². The molecule has 122 valence electrons. The number of benzene rings is 2. The van der Waals surface area contributed by atoms with Crippen LogP contribution in [0.25, 0.3) is 6.08 Å². The Bertz CT molecular complexity index is 875. The smallest absolute Gasteiger partial charge is 0.288 e. The van der Waals surface area contributed by atoms with E-state index in [1.165, 1.54) is 19.2 Å². The van der Waals surface area contributed by atoms with Gasteiger partial charge in [-0.05, 0) is 35.9 Å². The van der Waals surface area contributed by atoms with Crippen LogP contribution in [0.2, 0.25) is 5.02 Å². The SMILES string of the molecule is COc1ccc2c(c1)C(=O)/C(=C\c1ccc(Cl)c([N+](=O)[O-])c1)CO2. The van der Waals surface area contributed by atoms with Gasteiger partial charge in [0.2, 0.25) is 0 Å². The summed E-state index contributed by atoms with van der Waals surface area (Å²) in [5, 5.41) is 11.0. The Morgan fingerprint density at radius 1 is 1.29 bits per heavy atom. The fraction of sp³-hybridized carbons (Fsp3) is 0.118. The minimum absolute atomic E-state index is 0.0449. The molecular weight excluding hydrogens is 334 g/mol. The van der Waals surface area contributed by atoms with Crippen LogP contribution in [0.1, 0.15) is 15.9 Å². The van der Waals surface area contributed by atoms with Crippen LogP contribution in [0, 0.1) is 10.1 Å². The zero-order valence-corrected chi connectivity index (χ0v) is 13.4. The van der Waals surface area contributed by atoms with Gasteiger partial charge in [-0.1, -0.05) is 17.7 Å². The van der Waals surface area contributed by atoms with Crippen LogP contribution < -0.4 is 9.47 Å². The van der Waals surface area contributed by atoms with E-state index in [4.69, 9.17) is 21.1 Å². The maximum atomic E-state index is 12.6. The van der Waals surface area contributed by atoms with Crippen molar-refractivity contribution >= 4 is 29.1 Å². The van der Waals surface area contributed by atoms with Crippen molar-refractivity contribution in [1.29, 1.82) is 0 Å². The van der Waals surface area contributed by atoms with Crippen molar-refractivity contribution in [1.82, 2.24) is 0 Å².